The van der Waals surface area contributed by atoms with E-state index in [0.29, 0.717) is 22.9 Å². The molecule has 3 aromatic rings. The Morgan fingerprint density at radius 1 is 1.16 bits per heavy atom. The SMILES string of the molecule is O=C(OCc1nc(-c2ccc3c(c2)OCO3)no1)c1cccc(F)c1. The molecule has 0 saturated heterocycles. The van der Waals surface area contributed by atoms with Gasteiger partial charge in [0.25, 0.3) is 5.89 Å². The molecule has 0 atom stereocenters. The molecular weight excluding hydrogens is 331 g/mol. The fraction of sp³-hybridized carbons (Fsp3) is 0.118. The van der Waals surface area contributed by atoms with E-state index < -0.39 is 11.8 Å². The number of aromatic nitrogens is 2. The molecule has 2 heterocycles. The first-order valence-electron chi connectivity index (χ1n) is 7.34. The van der Waals surface area contributed by atoms with Gasteiger partial charge in [-0.2, -0.15) is 4.98 Å². The maximum atomic E-state index is 13.1. The number of carbonyl (C=O) groups is 1. The van der Waals surface area contributed by atoms with Gasteiger partial charge in [0.2, 0.25) is 12.6 Å². The number of rotatable bonds is 4. The van der Waals surface area contributed by atoms with Gasteiger partial charge in [0.05, 0.1) is 5.56 Å². The number of fused-ring (bicyclic) bond motifs is 1. The summed E-state index contributed by atoms with van der Waals surface area (Å²) in [6, 6.07) is 10.5. The molecule has 0 N–H and O–H groups in total. The predicted molar refractivity (Wildman–Crippen MR) is 81.4 cm³/mol. The van der Waals surface area contributed by atoms with E-state index in [2.05, 4.69) is 10.1 Å². The summed E-state index contributed by atoms with van der Waals surface area (Å²) in [6.45, 7) is -0.0424. The van der Waals surface area contributed by atoms with Gasteiger partial charge < -0.3 is 18.7 Å². The zero-order valence-corrected chi connectivity index (χ0v) is 12.8. The van der Waals surface area contributed by atoms with Crippen molar-refractivity contribution in [3.63, 3.8) is 0 Å². The summed E-state index contributed by atoms with van der Waals surface area (Å²) in [5, 5.41) is 3.84. The molecule has 0 aliphatic carbocycles. The molecule has 1 aliphatic rings. The average Bonchev–Trinajstić information content (AvgIpc) is 3.28. The maximum absolute atomic E-state index is 13.1. The number of esters is 1. The first kappa shape index (κ1) is 15.1. The molecule has 25 heavy (non-hydrogen) atoms. The Morgan fingerprint density at radius 2 is 2.04 bits per heavy atom. The van der Waals surface area contributed by atoms with Crippen molar-refractivity contribution >= 4 is 5.97 Å². The van der Waals surface area contributed by atoms with Gasteiger partial charge in [0, 0.05) is 5.56 Å². The fourth-order valence-electron chi connectivity index (χ4n) is 2.29. The van der Waals surface area contributed by atoms with E-state index in [1.54, 1.807) is 18.2 Å². The Kier molecular flexibility index (Phi) is 3.77. The summed E-state index contributed by atoms with van der Waals surface area (Å²) >= 11 is 0. The first-order valence-corrected chi connectivity index (χ1v) is 7.34. The summed E-state index contributed by atoms with van der Waals surface area (Å²) < 4.78 is 33.8. The van der Waals surface area contributed by atoms with Gasteiger partial charge >= 0.3 is 5.97 Å². The molecule has 0 saturated carbocycles. The van der Waals surface area contributed by atoms with Crippen molar-refractivity contribution in [3.8, 4) is 22.9 Å². The third-order valence-corrected chi connectivity index (χ3v) is 3.49. The van der Waals surface area contributed by atoms with Crippen molar-refractivity contribution in [1.82, 2.24) is 10.1 Å². The fourth-order valence-corrected chi connectivity index (χ4v) is 2.29. The van der Waals surface area contributed by atoms with Gasteiger partial charge in [-0.25, -0.2) is 9.18 Å². The van der Waals surface area contributed by atoms with Crippen LogP contribution in [0.25, 0.3) is 11.4 Å². The second-order valence-corrected chi connectivity index (χ2v) is 5.17. The number of hydrogen-bond acceptors (Lipinski definition) is 7. The topological polar surface area (TPSA) is 83.7 Å². The predicted octanol–water partition coefficient (Wildman–Crippen LogP) is 2.96. The van der Waals surface area contributed by atoms with Gasteiger partial charge in [-0.15, -0.1) is 0 Å². The lowest BCUT2D eigenvalue weighted by atomic mass is 10.2. The molecule has 0 radical (unpaired) electrons. The van der Waals surface area contributed by atoms with Crippen LogP contribution in [0.4, 0.5) is 4.39 Å². The van der Waals surface area contributed by atoms with E-state index in [4.69, 9.17) is 18.7 Å². The van der Waals surface area contributed by atoms with Gasteiger partial charge in [-0.05, 0) is 36.4 Å². The molecule has 1 aliphatic heterocycles. The lowest BCUT2D eigenvalue weighted by Crippen LogP contribution is -2.05. The minimum absolute atomic E-state index is 0.107. The Labute approximate surface area is 140 Å². The highest BCUT2D eigenvalue weighted by Gasteiger charge is 2.17. The Morgan fingerprint density at radius 3 is 2.92 bits per heavy atom. The minimum Gasteiger partial charge on any atom is -0.454 e. The normalized spacial score (nSPS) is 12.2. The van der Waals surface area contributed by atoms with Gasteiger partial charge in [0.15, 0.2) is 18.1 Å². The lowest BCUT2D eigenvalue weighted by Gasteiger charge is -2.01. The highest BCUT2D eigenvalue weighted by Crippen LogP contribution is 2.35. The maximum Gasteiger partial charge on any atom is 0.338 e. The molecule has 4 rings (SSSR count). The van der Waals surface area contributed by atoms with Crippen LogP contribution in [-0.4, -0.2) is 22.9 Å². The number of benzene rings is 2. The smallest absolute Gasteiger partial charge is 0.338 e. The number of ether oxygens (including phenoxy) is 3. The van der Waals surface area contributed by atoms with Gasteiger partial charge in [0.1, 0.15) is 5.82 Å². The number of hydrogen-bond donors (Lipinski definition) is 0. The molecule has 2 aromatic carbocycles. The van der Waals surface area contributed by atoms with E-state index in [9.17, 15) is 9.18 Å². The van der Waals surface area contributed by atoms with Crippen LogP contribution < -0.4 is 9.47 Å². The van der Waals surface area contributed by atoms with Crippen LogP contribution in [0.15, 0.2) is 47.0 Å². The van der Waals surface area contributed by atoms with E-state index in [-0.39, 0.29) is 24.9 Å². The van der Waals surface area contributed by atoms with Crippen LogP contribution in [0.3, 0.4) is 0 Å². The molecule has 0 amide bonds. The number of nitrogens with zero attached hydrogens (tertiary/aromatic N) is 2. The molecule has 7 nitrogen and oxygen atoms in total. The quantitative estimate of drug-likeness (QED) is 0.674. The number of halogens is 1. The largest absolute Gasteiger partial charge is 0.454 e. The van der Waals surface area contributed by atoms with E-state index in [1.807, 2.05) is 0 Å². The Hall–Kier alpha value is -3.42. The van der Waals surface area contributed by atoms with Crippen LogP contribution in [0, 0.1) is 5.82 Å². The van der Waals surface area contributed by atoms with Crippen molar-refractivity contribution in [2.75, 3.05) is 6.79 Å². The lowest BCUT2D eigenvalue weighted by molar-refractivity contribution is 0.0429. The van der Waals surface area contributed by atoms with Crippen molar-refractivity contribution in [2.24, 2.45) is 0 Å². The summed E-state index contributed by atoms with van der Waals surface area (Å²) in [5.74, 6) is 0.505. The third-order valence-electron chi connectivity index (χ3n) is 3.49. The summed E-state index contributed by atoms with van der Waals surface area (Å²) in [7, 11) is 0. The third kappa shape index (κ3) is 3.14. The Bertz CT molecular complexity index is 940. The van der Waals surface area contributed by atoms with E-state index >= 15 is 0 Å². The second-order valence-electron chi connectivity index (χ2n) is 5.17. The van der Waals surface area contributed by atoms with Crippen LogP contribution in [0.2, 0.25) is 0 Å². The summed E-state index contributed by atoms with van der Waals surface area (Å²) in [5.41, 5.74) is 0.784. The standard InChI is InChI=1S/C17H11FN2O5/c18-12-3-1-2-11(6-12)17(21)22-8-15-19-16(20-25-15)10-4-5-13-14(7-10)24-9-23-13/h1-7H,8-9H2. The van der Waals surface area contributed by atoms with Gasteiger partial charge in [-0.1, -0.05) is 11.2 Å². The van der Waals surface area contributed by atoms with Crippen molar-refractivity contribution in [1.29, 1.82) is 0 Å². The van der Waals surface area contributed by atoms with Crippen LogP contribution in [0.5, 0.6) is 11.5 Å². The van der Waals surface area contributed by atoms with E-state index in [0.717, 1.165) is 6.07 Å². The molecule has 126 valence electrons. The van der Waals surface area contributed by atoms with E-state index in [1.165, 1.54) is 18.2 Å². The summed E-state index contributed by atoms with van der Waals surface area (Å²) in [6.07, 6.45) is 0. The minimum atomic E-state index is -0.678. The van der Waals surface area contributed by atoms with Crippen molar-refractivity contribution < 1.29 is 27.9 Å². The average molecular weight is 342 g/mol. The molecule has 0 spiro atoms. The monoisotopic (exact) mass is 342 g/mol. The zero-order chi connectivity index (χ0) is 17.2. The molecule has 0 fully saturated rings. The van der Waals surface area contributed by atoms with Crippen molar-refractivity contribution in [3.05, 3.63) is 59.7 Å². The first-order chi connectivity index (χ1) is 12.2. The molecule has 0 bridgehead atoms. The molecule has 0 unspecified atom stereocenters. The highest BCUT2D eigenvalue weighted by atomic mass is 19.1. The van der Waals surface area contributed by atoms with Crippen LogP contribution in [-0.2, 0) is 11.3 Å². The highest BCUT2D eigenvalue weighted by molar-refractivity contribution is 5.89. The number of carbonyl (C=O) groups excluding carboxylic acids is 1. The molecule has 1 aromatic heterocycles. The van der Waals surface area contributed by atoms with Gasteiger partial charge in [-0.3, -0.25) is 0 Å². The van der Waals surface area contributed by atoms with Crippen molar-refractivity contribution in [2.45, 2.75) is 6.61 Å². The summed E-state index contributed by atoms with van der Waals surface area (Å²) in [4.78, 5) is 16.0. The second kappa shape index (κ2) is 6.23. The molecule has 8 heteroatoms. The van der Waals surface area contributed by atoms with Crippen LogP contribution in [0.1, 0.15) is 16.2 Å². The zero-order valence-electron chi connectivity index (χ0n) is 12.8. The molecular formula is C17H11FN2O5. The van der Waals surface area contributed by atoms with Crippen LogP contribution >= 0.6 is 0 Å². The Balaban J connectivity index is 1.44.